The zero-order valence-electron chi connectivity index (χ0n) is 12.9. The first-order valence-electron chi connectivity index (χ1n) is 7.58. The van der Waals surface area contributed by atoms with Gasteiger partial charge in [0.05, 0.1) is 12.3 Å². The molecule has 5 heteroatoms. The minimum Gasteiger partial charge on any atom is -0.485 e. The number of amides is 1. The van der Waals surface area contributed by atoms with Crippen LogP contribution in [0.2, 0.25) is 0 Å². The van der Waals surface area contributed by atoms with E-state index < -0.39 is 6.09 Å². The molecule has 3 rings (SSSR count). The van der Waals surface area contributed by atoms with E-state index in [1.165, 1.54) is 0 Å². The number of hydrogen-bond acceptors (Lipinski definition) is 4. The number of para-hydroxylation sites is 1. The average Bonchev–Trinajstić information content (AvgIpc) is 2.60. The van der Waals surface area contributed by atoms with E-state index in [4.69, 9.17) is 9.47 Å². The molecule has 0 bridgehead atoms. The quantitative estimate of drug-likeness (QED) is 0.880. The number of nitrogens with one attached hydrogen (secondary N) is 1. The van der Waals surface area contributed by atoms with Crippen molar-refractivity contribution >= 4 is 11.8 Å². The van der Waals surface area contributed by atoms with Crippen LogP contribution in [-0.4, -0.2) is 18.4 Å². The van der Waals surface area contributed by atoms with Crippen molar-refractivity contribution in [3.05, 3.63) is 65.7 Å². The molecule has 0 aromatic heterocycles. The van der Waals surface area contributed by atoms with Gasteiger partial charge in [-0.3, -0.25) is 0 Å². The molecular weight excluding hydrogens is 292 g/mol. The lowest BCUT2D eigenvalue weighted by Crippen LogP contribution is -2.25. The molecule has 5 nitrogen and oxygen atoms in total. The van der Waals surface area contributed by atoms with E-state index in [9.17, 15) is 4.79 Å². The summed E-state index contributed by atoms with van der Waals surface area (Å²) in [5.74, 6) is 0.761. The maximum absolute atomic E-state index is 11.5. The van der Waals surface area contributed by atoms with E-state index in [0.29, 0.717) is 13.0 Å². The number of carbonyl (C=O) groups is 1. The van der Waals surface area contributed by atoms with E-state index in [-0.39, 0.29) is 6.10 Å². The van der Waals surface area contributed by atoms with Gasteiger partial charge in [0.2, 0.25) is 0 Å². The fourth-order valence-electron chi connectivity index (χ4n) is 2.52. The third-order valence-corrected chi connectivity index (χ3v) is 3.57. The van der Waals surface area contributed by atoms with Gasteiger partial charge < -0.3 is 9.47 Å². The highest BCUT2D eigenvalue weighted by molar-refractivity contribution is 6.04. The molecule has 1 aliphatic heterocycles. The minimum absolute atomic E-state index is 0.131. The van der Waals surface area contributed by atoms with Gasteiger partial charge in [0.25, 0.3) is 0 Å². The third-order valence-electron chi connectivity index (χ3n) is 3.57. The predicted molar refractivity (Wildman–Crippen MR) is 87.6 cm³/mol. The van der Waals surface area contributed by atoms with Crippen LogP contribution >= 0.6 is 0 Å². The lowest BCUT2D eigenvalue weighted by atomic mass is 9.96. The minimum atomic E-state index is -0.555. The van der Waals surface area contributed by atoms with Crippen molar-refractivity contribution in [2.24, 2.45) is 5.10 Å². The smallest absolute Gasteiger partial charge is 0.427 e. The van der Waals surface area contributed by atoms with Crippen LogP contribution in [-0.2, 0) is 4.74 Å². The Hall–Kier alpha value is -2.82. The summed E-state index contributed by atoms with van der Waals surface area (Å²) in [5.41, 5.74) is 5.17. The second-order valence-electron chi connectivity index (χ2n) is 5.11. The normalized spacial score (nSPS) is 18.0. The molecule has 0 spiro atoms. The number of hydrazone groups is 1. The SMILES string of the molecule is CCOC(=O)N/N=C1/C[C@@H](c2ccccc2)Oc2ccccc21. The summed E-state index contributed by atoms with van der Waals surface area (Å²) < 4.78 is 10.9. The molecule has 1 heterocycles. The van der Waals surface area contributed by atoms with E-state index in [2.05, 4.69) is 10.5 Å². The van der Waals surface area contributed by atoms with Crippen molar-refractivity contribution < 1.29 is 14.3 Å². The van der Waals surface area contributed by atoms with Gasteiger partial charge in [-0.05, 0) is 24.6 Å². The lowest BCUT2D eigenvalue weighted by molar-refractivity contribution is 0.152. The molecule has 2 aromatic rings. The van der Waals surface area contributed by atoms with Gasteiger partial charge in [0.15, 0.2) is 0 Å². The summed E-state index contributed by atoms with van der Waals surface area (Å²) in [4.78, 5) is 11.5. The van der Waals surface area contributed by atoms with Crippen molar-refractivity contribution in [3.8, 4) is 5.75 Å². The lowest BCUT2D eigenvalue weighted by Gasteiger charge is -2.27. The topological polar surface area (TPSA) is 59.9 Å². The second-order valence-corrected chi connectivity index (χ2v) is 5.11. The first-order valence-corrected chi connectivity index (χ1v) is 7.58. The molecule has 1 amide bonds. The van der Waals surface area contributed by atoms with Gasteiger partial charge in [-0.2, -0.15) is 5.10 Å². The largest absolute Gasteiger partial charge is 0.485 e. The van der Waals surface area contributed by atoms with Gasteiger partial charge >= 0.3 is 6.09 Å². The Bertz CT molecular complexity index is 713. The van der Waals surface area contributed by atoms with Crippen LogP contribution in [0.15, 0.2) is 59.7 Å². The molecule has 23 heavy (non-hydrogen) atoms. The van der Waals surface area contributed by atoms with Crippen molar-refractivity contribution in [2.75, 3.05) is 6.61 Å². The Morgan fingerprint density at radius 3 is 2.74 bits per heavy atom. The van der Waals surface area contributed by atoms with E-state index in [0.717, 1.165) is 22.6 Å². The van der Waals surface area contributed by atoms with Gasteiger partial charge in [-0.1, -0.05) is 42.5 Å². The fourth-order valence-corrected chi connectivity index (χ4v) is 2.52. The number of hydrogen-bond donors (Lipinski definition) is 1. The van der Waals surface area contributed by atoms with Gasteiger partial charge in [-0.15, -0.1) is 0 Å². The van der Waals surface area contributed by atoms with E-state index >= 15 is 0 Å². The Morgan fingerprint density at radius 2 is 1.96 bits per heavy atom. The predicted octanol–water partition coefficient (Wildman–Crippen LogP) is 3.66. The zero-order chi connectivity index (χ0) is 16.1. The number of nitrogens with zero attached hydrogens (tertiary/aromatic N) is 1. The van der Waals surface area contributed by atoms with Gasteiger partial charge in [0.1, 0.15) is 11.9 Å². The van der Waals surface area contributed by atoms with Crippen LogP contribution in [0, 0.1) is 0 Å². The van der Waals surface area contributed by atoms with Crippen molar-refractivity contribution in [2.45, 2.75) is 19.4 Å². The Kier molecular flexibility index (Phi) is 4.57. The first kappa shape index (κ1) is 15.1. The molecule has 0 aliphatic carbocycles. The molecule has 0 saturated carbocycles. The standard InChI is InChI=1S/C18H18N2O3/c1-2-22-18(21)20-19-15-12-17(13-8-4-3-5-9-13)23-16-11-7-6-10-14(15)16/h3-11,17H,2,12H2,1H3,(H,20,21)/b19-15-/t17-/m0/s1. The summed E-state index contributed by atoms with van der Waals surface area (Å²) >= 11 is 0. The molecule has 0 fully saturated rings. The van der Waals surface area contributed by atoms with Crippen molar-refractivity contribution in [3.63, 3.8) is 0 Å². The van der Waals surface area contributed by atoms with Crippen LogP contribution in [0.3, 0.4) is 0 Å². The van der Waals surface area contributed by atoms with Crippen molar-refractivity contribution in [1.82, 2.24) is 5.43 Å². The van der Waals surface area contributed by atoms with E-state index in [1.807, 2.05) is 54.6 Å². The number of fused-ring (bicyclic) bond motifs is 1. The number of carbonyl (C=O) groups excluding carboxylic acids is 1. The molecule has 2 aromatic carbocycles. The van der Waals surface area contributed by atoms with Crippen molar-refractivity contribution in [1.29, 1.82) is 0 Å². The number of benzene rings is 2. The van der Waals surface area contributed by atoms with Crippen LogP contribution in [0.25, 0.3) is 0 Å². The molecule has 118 valence electrons. The third kappa shape index (κ3) is 3.51. The summed E-state index contributed by atoms with van der Waals surface area (Å²) in [6, 6.07) is 17.7. The highest BCUT2D eigenvalue weighted by atomic mass is 16.5. The summed E-state index contributed by atoms with van der Waals surface area (Å²) in [6.07, 6.45) is -0.109. The highest BCUT2D eigenvalue weighted by Gasteiger charge is 2.26. The maximum Gasteiger partial charge on any atom is 0.427 e. The van der Waals surface area contributed by atoms with Crippen LogP contribution < -0.4 is 10.2 Å². The molecule has 0 saturated heterocycles. The number of ether oxygens (including phenoxy) is 2. The molecule has 1 aliphatic rings. The second kappa shape index (κ2) is 6.96. The van der Waals surface area contributed by atoms with Crippen LogP contribution in [0.5, 0.6) is 5.75 Å². The Labute approximate surface area is 134 Å². The monoisotopic (exact) mass is 310 g/mol. The average molecular weight is 310 g/mol. The Morgan fingerprint density at radius 1 is 1.22 bits per heavy atom. The van der Waals surface area contributed by atoms with Gasteiger partial charge in [-0.25, -0.2) is 10.2 Å². The highest BCUT2D eigenvalue weighted by Crippen LogP contribution is 2.34. The molecule has 0 radical (unpaired) electrons. The molecule has 1 atom stereocenters. The molecular formula is C18H18N2O3. The zero-order valence-corrected chi connectivity index (χ0v) is 12.9. The summed E-state index contributed by atoms with van der Waals surface area (Å²) in [5, 5.41) is 4.23. The van der Waals surface area contributed by atoms with Gasteiger partial charge in [0, 0.05) is 12.0 Å². The molecule has 1 N–H and O–H groups in total. The molecule has 0 unspecified atom stereocenters. The Balaban J connectivity index is 1.88. The number of rotatable bonds is 3. The van der Waals surface area contributed by atoms with Crippen LogP contribution in [0.1, 0.15) is 30.6 Å². The maximum atomic E-state index is 11.5. The first-order chi connectivity index (χ1) is 11.3. The summed E-state index contributed by atoms with van der Waals surface area (Å²) in [6.45, 7) is 2.06. The fraction of sp³-hybridized carbons (Fsp3) is 0.222. The van der Waals surface area contributed by atoms with Crippen LogP contribution in [0.4, 0.5) is 4.79 Å². The summed E-state index contributed by atoms with van der Waals surface area (Å²) in [7, 11) is 0. The van der Waals surface area contributed by atoms with E-state index in [1.54, 1.807) is 6.92 Å².